The molecular weight excluding hydrogens is 148 g/mol. The molecule has 0 radical (unpaired) electrons. The molecule has 1 aliphatic carbocycles. The lowest BCUT2D eigenvalue weighted by Crippen LogP contribution is -2.29. The van der Waals surface area contributed by atoms with Crippen LogP contribution in [0.5, 0.6) is 0 Å². The average molecular weight is 166 g/mol. The highest BCUT2D eigenvalue weighted by Gasteiger charge is 2.34. The molecule has 0 aromatic rings. The van der Waals surface area contributed by atoms with Gasteiger partial charge in [0.25, 0.3) is 0 Å². The van der Waals surface area contributed by atoms with Gasteiger partial charge >= 0.3 is 0 Å². The molecule has 2 heteroatoms. The van der Waals surface area contributed by atoms with Crippen LogP contribution in [0.25, 0.3) is 0 Å². The molecule has 12 heavy (non-hydrogen) atoms. The summed E-state index contributed by atoms with van der Waals surface area (Å²) in [7, 11) is 0. The first-order chi connectivity index (χ1) is 5.88. The van der Waals surface area contributed by atoms with Gasteiger partial charge in [0.1, 0.15) is 0 Å². The number of terminal acetylenes is 1. The van der Waals surface area contributed by atoms with Crippen LogP contribution in [-0.2, 0) is 0 Å². The lowest BCUT2D eigenvalue weighted by molar-refractivity contribution is 0.598. The summed E-state index contributed by atoms with van der Waals surface area (Å²) in [6.45, 7) is 4.96. The number of hydrogen-bond acceptors (Lipinski definition) is 2. The number of hydrogen-bond donors (Lipinski definition) is 2. The molecule has 0 bridgehead atoms. The molecule has 2 unspecified atom stereocenters. The molecule has 1 aliphatic rings. The molecule has 0 spiro atoms. The van der Waals surface area contributed by atoms with Crippen LogP contribution in [-0.4, -0.2) is 25.7 Å². The Morgan fingerprint density at radius 3 is 2.92 bits per heavy atom. The predicted molar refractivity (Wildman–Crippen MR) is 51.9 cm³/mol. The molecule has 0 aromatic carbocycles. The number of nitrogens with one attached hydrogen (secondary N) is 2. The van der Waals surface area contributed by atoms with Crippen LogP contribution >= 0.6 is 0 Å². The van der Waals surface area contributed by atoms with Crippen molar-refractivity contribution in [3.8, 4) is 12.3 Å². The maximum atomic E-state index is 5.09. The minimum absolute atomic E-state index is 0.684. The van der Waals surface area contributed by atoms with Gasteiger partial charge < -0.3 is 10.6 Å². The van der Waals surface area contributed by atoms with Crippen molar-refractivity contribution in [2.24, 2.45) is 5.92 Å². The van der Waals surface area contributed by atoms with Crippen molar-refractivity contribution in [1.29, 1.82) is 0 Å². The fraction of sp³-hybridized carbons (Fsp3) is 0.800. The SMILES string of the molecule is C#CCNCCNC1CC1CC. The second-order valence-corrected chi connectivity index (χ2v) is 3.35. The largest absolute Gasteiger partial charge is 0.312 e. The quantitative estimate of drug-likeness (QED) is 0.446. The van der Waals surface area contributed by atoms with Crippen LogP contribution in [0.1, 0.15) is 19.8 Å². The second kappa shape index (κ2) is 5.18. The van der Waals surface area contributed by atoms with Crippen LogP contribution in [0, 0.1) is 18.3 Å². The van der Waals surface area contributed by atoms with Crippen molar-refractivity contribution in [2.45, 2.75) is 25.8 Å². The van der Waals surface area contributed by atoms with E-state index >= 15 is 0 Å². The van der Waals surface area contributed by atoms with E-state index in [2.05, 4.69) is 23.5 Å². The Morgan fingerprint density at radius 1 is 1.50 bits per heavy atom. The van der Waals surface area contributed by atoms with Gasteiger partial charge in [0.05, 0.1) is 6.54 Å². The highest BCUT2D eigenvalue weighted by Crippen LogP contribution is 2.32. The summed E-state index contributed by atoms with van der Waals surface area (Å²) < 4.78 is 0. The monoisotopic (exact) mass is 166 g/mol. The first-order valence-electron chi connectivity index (χ1n) is 4.76. The van der Waals surface area contributed by atoms with Gasteiger partial charge in [-0.15, -0.1) is 6.42 Å². The fourth-order valence-corrected chi connectivity index (χ4v) is 1.46. The van der Waals surface area contributed by atoms with Crippen LogP contribution in [0.4, 0.5) is 0 Å². The van der Waals surface area contributed by atoms with Gasteiger partial charge in [0.2, 0.25) is 0 Å². The van der Waals surface area contributed by atoms with Crippen LogP contribution in [0.15, 0.2) is 0 Å². The van der Waals surface area contributed by atoms with E-state index in [4.69, 9.17) is 6.42 Å². The zero-order valence-electron chi connectivity index (χ0n) is 7.77. The molecule has 0 aromatic heterocycles. The zero-order chi connectivity index (χ0) is 8.81. The Kier molecular flexibility index (Phi) is 4.13. The minimum atomic E-state index is 0.684. The Morgan fingerprint density at radius 2 is 2.33 bits per heavy atom. The molecule has 0 saturated heterocycles. The zero-order valence-corrected chi connectivity index (χ0v) is 7.77. The van der Waals surface area contributed by atoms with Gasteiger partial charge in [-0.3, -0.25) is 0 Å². The average Bonchev–Trinajstić information content (AvgIpc) is 2.83. The topological polar surface area (TPSA) is 24.1 Å². The van der Waals surface area contributed by atoms with Crippen molar-refractivity contribution in [3.05, 3.63) is 0 Å². The van der Waals surface area contributed by atoms with Gasteiger partial charge in [-0.1, -0.05) is 19.3 Å². The van der Waals surface area contributed by atoms with E-state index in [1.807, 2.05) is 0 Å². The van der Waals surface area contributed by atoms with Gasteiger partial charge in [0.15, 0.2) is 0 Å². The summed E-state index contributed by atoms with van der Waals surface area (Å²) in [6, 6.07) is 0.794. The van der Waals surface area contributed by atoms with Gasteiger partial charge in [-0.05, 0) is 12.3 Å². The predicted octanol–water partition coefficient (Wildman–Crippen LogP) is 0.597. The lowest BCUT2D eigenvalue weighted by Gasteiger charge is -2.02. The van der Waals surface area contributed by atoms with E-state index in [0.29, 0.717) is 6.54 Å². The summed E-state index contributed by atoms with van der Waals surface area (Å²) in [5.74, 6) is 3.49. The first-order valence-corrected chi connectivity index (χ1v) is 4.76. The maximum absolute atomic E-state index is 5.09. The molecule has 0 aliphatic heterocycles. The summed E-state index contributed by atoms with van der Waals surface area (Å²) in [6.07, 6.45) is 7.78. The Hall–Kier alpha value is -0.520. The minimum Gasteiger partial charge on any atom is -0.312 e. The smallest absolute Gasteiger partial charge is 0.0574 e. The van der Waals surface area contributed by atoms with Crippen LogP contribution in [0.3, 0.4) is 0 Å². The van der Waals surface area contributed by atoms with Crippen LogP contribution in [0.2, 0.25) is 0 Å². The van der Waals surface area contributed by atoms with E-state index in [1.54, 1.807) is 0 Å². The van der Waals surface area contributed by atoms with E-state index in [-0.39, 0.29) is 0 Å². The standard InChI is InChI=1S/C10H18N2/c1-3-5-11-6-7-12-10-8-9(10)4-2/h1,9-12H,4-8H2,2H3. The fourth-order valence-electron chi connectivity index (χ4n) is 1.46. The van der Waals surface area contributed by atoms with Crippen molar-refractivity contribution < 1.29 is 0 Å². The van der Waals surface area contributed by atoms with Crippen molar-refractivity contribution in [2.75, 3.05) is 19.6 Å². The van der Waals surface area contributed by atoms with Gasteiger partial charge in [-0.25, -0.2) is 0 Å². The highest BCUT2D eigenvalue weighted by atomic mass is 15.0. The molecule has 0 heterocycles. The van der Waals surface area contributed by atoms with Crippen molar-refractivity contribution in [1.82, 2.24) is 10.6 Å². The second-order valence-electron chi connectivity index (χ2n) is 3.35. The molecule has 2 N–H and O–H groups in total. The molecule has 1 fully saturated rings. The molecule has 1 rings (SSSR count). The molecule has 2 atom stereocenters. The third-order valence-electron chi connectivity index (χ3n) is 2.38. The molecule has 0 amide bonds. The summed E-state index contributed by atoms with van der Waals surface area (Å²) >= 11 is 0. The normalized spacial score (nSPS) is 26.7. The maximum Gasteiger partial charge on any atom is 0.0574 e. The number of rotatable bonds is 6. The third-order valence-corrected chi connectivity index (χ3v) is 2.38. The lowest BCUT2D eigenvalue weighted by atomic mass is 10.3. The summed E-state index contributed by atoms with van der Waals surface area (Å²) in [4.78, 5) is 0. The molecule has 1 saturated carbocycles. The van der Waals surface area contributed by atoms with Crippen LogP contribution < -0.4 is 10.6 Å². The summed E-state index contributed by atoms with van der Waals surface area (Å²) in [5, 5.41) is 6.64. The summed E-state index contributed by atoms with van der Waals surface area (Å²) in [5.41, 5.74) is 0. The first kappa shape index (κ1) is 9.57. The third kappa shape index (κ3) is 3.25. The van der Waals surface area contributed by atoms with Gasteiger partial charge in [0, 0.05) is 19.1 Å². The van der Waals surface area contributed by atoms with Gasteiger partial charge in [-0.2, -0.15) is 0 Å². The van der Waals surface area contributed by atoms with Crippen molar-refractivity contribution in [3.63, 3.8) is 0 Å². The van der Waals surface area contributed by atoms with E-state index in [9.17, 15) is 0 Å². The van der Waals surface area contributed by atoms with E-state index in [0.717, 1.165) is 25.0 Å². The van der Waals surface area contributed by atoms with E-state index < -0.39 is 0 Å². The Bertz CT molecular complexity index is 160. The molecular formula is C10H18N2. The Labute approximate surface area is 75.1 Å². The van der Waals surface area contributed by atoms with Crippen molar-refractivity contribution >= 4 is 0 Å². The highest BCUT2D eigenvalue weighted by molar-refractivity contribution is 4.92. The Balaban J connectivity index is 1.82. The van der Waals surface area contributed by atoms with E-state index in [1.165, 1.54) is 12.8 Å². The molecule has 68 valence electrons. The molecule has 2 nitrogen and oxygen atoms in total.